The van der Waals surface area contributed by atoms with Crippen LogP contribution in [0, 0.1) is 27.7 Å². The van der Waals surface area contributed by atoms with Gasteiger partial charge in [0, 0.05) is 23.0 Å². The molecule has 0 aliphatic carbocycles. The summed E-state index contributed by atoms with van der Waals surface area (Å²) in [5.74, 6) is 0.0934. The molecular formula is C15H17ClN2O. The number of aromatic nitrogens is 2. The first kappa shape index (κ1) is 13.8. The lowest BCUT2D eigenvalue weighted by molar-refractivity contribution is 0.0970. The van der Waals surface area contributed by atoms with Crippen molar-refractivity contribution in [3.63, 3.8) is 0 Å². The lowest BCUT2D eigenvalue weighted by Crippen LogP contribution is -2.14. The molecule has 0 fully saturated rings. The summed E-state index contributed by atoms with van der Waals surface area (Å²) in [4.78, 5) is 16.4. The first-order valence-electron chi connectivity index (χ1n) is 6.18. The Hall–Kier alpha value is -1.61. The molecule has 0 aliphatic heterocycles. The van der Waals surface area contributed by atoms with Crippen LogP contribution < -0.4 is 0 Å². The Morgan fingerprint density at radius 1 is 1.16 bits per heavy atom. The van der Waals surface area contributed by atoms with Gasteiger partial charge >= 0.3 is 0 Å². The van der Waals surface area contributed by atoms with Crippen molar-refractivity contribution in [3.8, 4) is 0 Å². The Morgan fingerprint density at radius 2 is 1.74 bits per heavy atom. The van der Waals surface area contributed by atoms with Crippen molar-refractivity contribution in [2.45, 2.75) is 34.2 Å². The van der Waals surface area contributed by atoms with E-state index in [-0.39, 0.29) is 5.78 Å². The van der Waals surface area contributed by atoms with Crippen molar-refractivity contribution < 1.29 is 4.79 Å². The van der Waals surface area contributed by atoms with E-state index in [1.165, 1.54) is 0 Å². The highest BCUT2D eigenvalue weighted by atomic mass is 35.5. The molecule has 1 aromatic carbocycles. The maximum atomic E-state index is 12.5. The second-order valence-corrected chi connectivity index (χ2v) is 5.23. The molecule has 0 spiro atoms. The van der Waals surface area contributed by atoms with Gasteiger partial charge < -0.3 is 4.57 Å². The standard InChI is InChI=1S/C15H17ClN2O/c1-9-11(3)15(16)12(4)10(2)14(9)13(19)7-18-6-5-17-8-18/h5-6,8H,7H2,1-4H3. The molecule has 0 unspecified atom stereocenters. The fourth-order valence-corrected chi connectivity index (χ4v) is 2.59. The number of rotatable bonds is 3. The Bertz CT molecular complexity index is 601. The number of halogens is 1. The number of nitrogens with zero attached hydrogens (tertiary/aromatic N) is 2. The summed E-state index contributed by atoms with van der Waals surface area (Å²) in [7, 11) is 0. The summed E-state index contributed by atoms with van der Waals surface area (Å²) in [6.45, 7) is 8.13. The number of benzene rings is 1. The Kier molecular flexibility index (Phi) is 3.76. The Balaban J connectivity index is 2.48. The van der Waals surface area contributed by atoms with Crippen LogP contribution in [0.5, 0.6) is 0 Å². The van der Waals surface area contributed by atoms with Crippen LogP contribution in [0.2, 0.25) is 5.02 Å². The van der Waals surface area contributed by atoms with Crippen LogP contribution in [0.15, 0.2) is 18.7 Å². The van der Waals surface area contributed by atoms with E-state index in [1.54, 1.807) is 23.3 Å². The molecule has 0 atom stereocenters. The third-order valence-electron chi connectivity index (χ3n) is 3.70. The van der Waals surface area contributed by atoms with Crippen LogP contribution in [-0.4, -0.2) is 15.3 Å². The number of carbonyl (C=O) groups excluding carboxylic acids is 1. The quantitative estimate of drug-likeness (QED) is 0.802. The Labute approximate surface area is 118 Å². The summed E-state index contributed by atoms with van der Waals surface area (Å²) in [5, 5.41) is 0.759. The largest absolute Gasteiger partial charge is 0.330 e. The average molecular weight is 277 g/mol. The molecule has 19 heavy (non-hydrogen) atoms. The first-order valence-corrected chi connectivity index (χ1v) is 6.56. The summed E-state index contributed by atoms with van der Waals surface area (Å²) < 4.78 is 1.78. The van der Waals surface area contributed by atoms with Crippen LogP contribution in [-0.2, 0) is 6.54 Å². The lowest BCUT2D eigenvalue weighted by atomic mass is 9.91. The predicted octanol–water partition coefficient (Wildman–Crippen LogP) is 3.65. The molecule has 1 heterocycles. The smallest absolute Gasteiger partial charge is 0.183 e. The fraction of sp³-hybridized carbons (Fsp3) is 0.333. The van der Waals surface area contributed by atoms with E-state index >= 15 is 0 Å². The topological polar surface area (TPSA) is 34.9 Å². The lowest BCUT2D eigenvalue weighted by Gasteiger charge is -2.16. The SMILES string of the molecule is Cc1c(C)c(C(=O)Cn2ccnc2)c(C)c(C)c1Cl. The van der Waals surface area contributed by atoms with Gasteiger partial charge in [0.25, 0.3) is 0 Å². The fourth-order valence-electron chi connectivity index (χ4n) is 2.31. The van der Waals surface area contributed by atoms with Crippen LogP contribution in [0.1, 0.15) is 32.6 Å². The van der Waals surface area contributed by atoms with E-state index in [0.29, 0.717) is 6.54 Å². The highest BCUT2D eigenvalue weighted by Crippen LogP contribution is 2.30. The second-order valence-electron chi connectivity index (χ2n) is 4.85. The monoisotopic (exact) mass is 276 g/mol. The van der Waals surface area contributed by atoms with E-state index in [1.807, 2.05) is 27.7 Å². The maximum Gasteiger partial charge on any atom is 0.183 e. The molecule has 100 valence electrons. The number of imidazole rings is 1. The number of ketones is 1. The summed E-state index contributed by atoms with van der Waals surface area (Å²) in [5.41, 5.74) is 4.70. The number of hydrogen-bond acceptors (Lipinski definition) is 2. The minimum absolute atomic E-state index is 0.0934. The van der Waals surface area contributed by atoms with Gasteiger partial charge in [-0.25, -0.2) is 4.98 Å². The van der Waals surface area contributed by atoms with Gasteiger partial charge in [-0.2, -0.15) is 0 Å². The van der Waals surface area contributed by atoms with E-state index in [4.69, 9.17) is 11.6 Å². The zero-order valence-corrected chi connectivity index (χ0v) is 12.4. The van der Waals surface area contributed by atoms with Crippen molar-refractivity contribution in [2.75, 3.05) is 0 Å². The van der Waals surface area contributed by atoms with Gasteiger partial charge in [-0.3, -0.25) is 4.79 Å². The molecule has 0 radical (unpaired) electrons. The minimum atomic E-state index is 0.0934. The zero-order valence-electron chi connectivity index (χ0n) is 11.6. The predicted molar refractivity (Wildman–Crippen MR) is 77.0 cm³/mol. The van der Waals surface area contributed by atoms with Crippen molar-refractivity contribution in [1.29, 1.82) is 0 Å². The molecular weight excluding hydrogens is 260 g/mol. The molecule has 0 bridgehead atoms. The summed E-state index contributed by atoms with van der Waals surface area (Å²) >= 11 is 6.28. The number of carbonyl (C=O) groups is 1. The van der Waals surface area contributed by atoms with Crippen LogP contribution >= 0.6 is 11.6 Å². The van der Waals surface area contributed by atoms with Gasteiger partial charge in [-0.1, -0.05) is 11.6 Å². The average Bonchev–Trinajstić information content (AvgIpc) is 2.87. The molecule has 0 saturated carbocycles. The van der Waals surface area contributed by atoms with Crippen molar-refractivity contribution in [3.05, 3.63) is 51.6 Å². The van der Waals surface area contributed by atoms with E-state index in [9.17, 15) is 4.79 Å². The van der Waals surface area contributed by atoms with Gasteiger partial charge in [-0.05, 0) is 49.9 Å². The Morgan fingerprint density at radius 3 is 2.21 bits per heavy atom. The van der Waals surface area contributed by atoms with Crippen molar-refractivity contribution in [2.24, 2.45) is 0 Å². The van der Waals surface area contributed by atoms with E-state index in [2.05, 4.69) is 4.98 Å². The molecule has 0 saturated heterocycles. The third-order valence-corrected chi connectivity index (χ3v) is 4.26. The normalized spacial score (nSPS) is 10.8. The van der Waals surface area contributed by atoms with Gasteiger partial charge in [0.15, 0.2) is 5.78 Å². The maximum absolute atomic E-state index is 12.5. The molecule has 2 rings (SSSR count). The van der Waals surface area contributed by atoms with E-state index in [0.717, 1.165) is 32.8 Å². The van der Waals surface area contributed by atoms with Crippen LogP contribution in [0.4, 0.5) is 0 Å². The van der Waals surface area contributed by atoms with E-state index < -0.39 is 0 Å². The zero-order chi connectivity index (χ0) is 14.2. The third kappa shape index (κ3) is 2.43. The summed E-state index contributed by atoms with van der Waals surface area (Å²) in [6.07, 6.45) is 5.11. The van der Waals surface area contributed by atoms with Crippen molar-refractivity contribution >= 4 is 17.4 Å². The highest BCUT2D eigenvalue weighted by molar-refractivity contribution is 6.32. The number of Topliss-reactive ketones (excluding diaryl/α,β-unsaturated/α-hetero) is 1. The molecule has 0 amide bonds. The molecule has 2 aromatic rings. The molecule has 4 heteroatoms. The van der Waals surface area contributed by atoms with Gasteiger partial charge in [-0.15, -0.1) is 0 Å². The van der Waals surface area contributed by atoms with Crippen LogP contribution in [0.3, 0.4) is 0 Å². The molecule has 1 aromatic heterocycles. The van der Waals surface area contributed by atoms with Crippen LogP contribution in [0.25, 0.3) is 0 Å². The first-order chi connectivity index (χ1) is 8.93. The van der Waals surface area contributed by atoms with Crippen molar-refractivity contribution in [1.82, 2.24) is 9.55 Å². The second kappa shape index (κ2) is 5.17. The minimum Gasteiger partial charge on any atom is -0.330 e. The van der Waals surface area contributed by atoms with Gasteiger partial charge in [0.1, 0.15) is 0 Å². The van der Waals surface area contributed by atoms with Gasteiger partial charge in [0.05, 0.1) is 12.9 Å². The molecule has 0 aliphatic rings. The number of hydrogen-bond donors (Lipinski definition) is 0. The highest BCUT2D eigenvalue weighted by Gasteiger charge is 2.18. The molecule has 3 nitrogen and oxygen atoms in total. The van der Waals surface area contributed by atoms with Gasteiger partial charge in [0.2, 0.25) is 0 Å². The summed E-state index contributed by atoms with van der Waals surface area (Å²) in [6, 6.07) is 0. The molecule has 0 N–H and O–H groups in total.